The Kier molecular flexibility index (Phi) is 3.92. The Morgan fingerprint density at radius 2 is 1.52 bits per heavy atom. The fraction of sp³-hybridized carbons (Fsp3) is 0.400. The highest BCUT2D eigenvalue weighted by Crippen LogP contribution is 2.41. The quantitative estimate of drug-likeness (QED) is 0.939. The van der Waals surface area contributed by atoms with Crippen LogP contribution in [-0.4, -0.2) is 35.2 Å². The summed E-state index contributed by atoms with van der Waals surface area (Å²) in [4.78, 5) is 2.42. The molecule has 0 aliphatic carbocycles. The Morgan fingerprint density at radius 1 is 0.913 bits per heavy atom. The van der Waals surface area contributed by atoms with E-state index in [9.17, 15) is 9.50 Å². The zero-order valence-corrected chi connectivity index (χ0v) is 13.1. The summed E-state index contributed by atoms with van der Waals surface area (Å²) in [6.07, 6.45) is 1.86. The van der Waals surface area contributed by atoms with Gasteiger partial charge in [0.2, 0.25) is 0 Å². The van der Waals surface area contributed by atoms with Crippen LogP contribution in [0.2, 0.25) is 0 Å². The Bertz CT molecular complexity index is 647. The molecule has 3 atom stereocenters. The van der Waals surface area contributed by atoms with E-state index in [0.717, 1.165) is 31.5 Å². The van der Waals surface area contributed by atoms with Crippen molar-refractivity contribution in [2.45, 2.75) is 30.9 Å². The van der Waals surface area contributed by atoms with Crippen LogP contribution in [-0.2, 0) is 0 Å². The number of benzene rings is 2. The van der Waals surface area contributed by atoms with Gasteiger partial charge in [-0.25, -0.2) is 4.39 Å². The molecule has 0 spiro atoms. The zero-order chi connectivity index (χ0) is 15.8. The molecule has 0 aromatic heterocycles. The standard InChI is InChI=1S/C20H22FNO/c21-17-8-6-15(7-9-17)18(14-4-2-1-3-5-14)19-20(23)16-10-12-22(19)13-11-16/h1-9,16,18-20,23H,10-13H2/t18-,19+,20-/m1/s1. The molecule has 3 heteroatoms. The SMILES string of the molecule is O[C@@H]1C2CCN(CC2)[C@H]1[C@H](c1ccccc1)c1ccc(F)cc1. The first-order chi connectivity index (χ1) is 11.2. The molecule has 120 valence electrons. The number of hydrogen-bond donors (Lipinski definition) is 1. The van der Waals surface area contributed by atoms with Crippen molar-refractivity contribution in [3.8, 4) is 0 Å². The Labute approximate surface area is 136 Å². The van der Waals surface area contributed by atoms with E-state index in [-0.39, 0.29) is 23.9 Å². The lowest BCUT2D eigenvalue weighted by atomic mass is 9.72. The summed E-state index contributed by atoms with van der Waals surface area (Å²) < 4.78 is 13.4. The van der Waals surface area contributed by atoms with Crippen molar-refractivity contribution >= 4 is 0 Å². The summed E-state index contributed by atoms with van der Waals surface area (Å²) in [6, 6.07) is 17.2. The summed E-state index contributed by atoms with van der Waals surface area (Å²) in [6.45, 7) is 2.11. The predicted molar refractivity (Wildman–Crippen MR) is 88.8 cm³/mol. The van der Waals surface area contributed by atoms with E-state index in [4.69, 9.17) is 0 Å². The number of piperidine rings is 3. The molecule has 3 aliphatic rings. The number of rotatable bonds is 3. The minimum atomic E-state index is -0.312. The van der Waals surface area contributed by atoms with E-state index >= 15 is 0 Å². The predicted octanol–water partition coefficient (Wildman–Crippen LogP) is 3.41. The molecule has 0 radical (unpaired) electrons. The summed E-state index contributed by atoms with van der Waals surface area (Å²) >= 11 is 0. The summed E-state index contributed by atoms with van der Waals surface area (Å²) in [7, 11) is 0. The second-order valence-corrected chi connectivity index (χ2v) is 6.79. The van der Waals surface area contributed by atoms with Crippen LogP contribution in [0.25, 0.3) is 0 Å². The van der Waals surface area contributed by atoms with E-state index in [1.165, 1.54) is 17.7 Å². The molecule has 3 saturated heterocycles. The number of halogens is 1. The molecule has 2 bridgehead atoms. The van der Waals surface area contributed by atoms with Gasteiger partial charge < -0.3 is 5.11 Å². The minimum absolute atomic E-state index is 0.0786. The Balaban J connectivity index is 1.78. The van der Waals surface area contributed by atoms with Gasteiger partial charge in [-0.05, 0) is 55.1 Å². The summed E-state index contributed by atoms with van der Waals surface area (Å²) in [5, 5.41) is 10.9. The Hall–Kier alpha value is -1.71. The zero-order valence-electron chi connectivity index (χ0n) is 13.1. The number of fused-ring (bicyclic) bond motifs is 3. The average molecular weight is 311 g/mol. The molecular weight excluding hydrogens is 289 g/mol. The maximum absolute atomic E-state index is 13.4. The van der Waals surface area contributed by atoms with E-state index in [2.05, 4.69) is 17.0 Å². The fourth-order valence-electron chi connectivity index (χ4n) is 4.38. The molecule has 23 heavy (non-hydrogen) atoms. The van der Waals surface area contributed by atoms with Crippen LogP contribution in [0.4, 0.5) is 4.39 Å². The second-order valence-electron chi connectivity index (χ2n) is 6.79. The second kappa shape index (κ2) is 6.06. The van der Waals surface area contributed by atoms with Crippen LogP contribution in [0, 0.1) is 11.7 Å². The van der Waals surface area contributed by atoms with E-state index in [0.29, 0.717) is 5.92 Å². The van der Waals surface area contributed by atoms with Gasteiger partial charge in [0.05, 0.1) is 6.10 Å². The van der Waals surface area contributed by atoms with Crippen LogP contribution >= 0.6 is 0 Å². The van der Waals surface area contributed by atoms with Gasteiger partial charge >= 0.3 is 0 Å². The van der Waals surface area contributed by atoms with Gasteiger partial charge in [-0.2, -0.15) is 0 Å². The molecule has 1 N–H and O–H groups in total. The van der Waals surface area contributed by atoms with Gasteiger partial charge in [-0.15, -0.1) is 0 Å². The molecule has 2 nitrogen and oxygen atoms in total. The average Bonchev–Trinajstić information content (AvgIpc) is 2.61. The fourth-order valence-corrected chi connectivity index (χ4v) is 4.38. The van der Waals surface area contributed by atoms with Crippen LogP contribution in [0.3, 0.4) is 0 Å². The first kappa shape index (κ1) is 14.9. The molecule has 0 unspecified atom stereocenters. The molecule has 3 aliphatic heterocycles. The lowest BCUT2D eigenvalue weighted by Gasteiger charge is -2.51. The highest BCUT2D eigenvalue weighted by Gasteiger charge is 2.45. The molecule has 5 rings (SSSR count). The maximum Gasteiger partial charge on any atom is 0.123 e. The number of aliphatic hydroxyl groups is 1. The highest BCUT2D eigenvalue weighted by atomic mass is 19.1. The summed E-state index contributed by atoms with van der Waals surface area (Å²) in [5.74, 6) is 0.262. The van der Waals surface area contributed by atoms with Crippen LogP contribution in [0.5, 0.6) is 0 Å². The van der Waals surface area contributed by atoms with Crippen molar-refractivity contribution in [2.75, 3.05) is 13.1 Å². The van der Waals surface area contributed by atoms with Crippen LogP contribution < -0.4 is 0 Å². The van der Waals surface area contributed by atoms with Crippen molar-refractivity contribution in [3.05, 3.63) is 71.5 Å². The monoisotopic (exact) mass is 311 g/mol. The Morgan fingerprint density at radius 3 is 2.13 bits per heavy atom. The van der Waals surface area contributed by atoms with Crippen molar-refractivity contribution in [2.24, 2.45) is 5.92 Å². The van der Waals surface area contributed by atoms with E-state index < -0.39 is 0 Å². The lowest BCUT2D eigenvalue weighted by molar-refractivity contribution is -0.0775. The first-order valence-corrected chi connectivity index (χ1v) is 8.46. The van der Waals surface area contributed by atoms with Gasteiger partial charge in [0.15, 0.2) is 0 Å². The van der Waals surface area contributed by atoms with Gasteiger partial charge in [-0.3, -0.25) is 4.90 Å². The molecule has 3 fully saturated rings. The molecule has 0 saturated carbocycles. The van der Waals surface area contributed by atoms with Crippen molar-refractivity contribution in [3.63, 3.8) is 0 Å². The smallest absolute Gasteiger partial charge is 0.123 e. The summed E-state index contributed by atoms with van der Waals surface area (Å²) in [5.41, 5.74) is 2.27. The van der Waals surface area contributed by atoms with E-state index in [1.54, 1.807) is 0 Å². The number of hydrogen-bond acceptors (Lipinski definition) is 2. The van der Waals surface area contributed by atoms with E-state index in [1.807, 2.05) is 30.3 Å². The van der Waals surface area contributed by atoms with Gasteiger partial charge in [0.1, 0.15) is 5.82 Å². The van der Waals surface area contributed by atoms with Crippen molar-refractivity contribution in [1.29, 1.82) is 0 Å². The highest BCUT2D eigenvalue weighted by molar-refractivity contribution is 5.35. The van der Waals surface area contributed by atoms with Crippen molar-refractivity contribution < 1.29 is 9.50 Å². The lowest BCUT2D eigenvalue weighted by Crippen LogP contribution is -2.60. The van der Waals surface area contributed by atoms with Crippen molar-refractivity contribution in [1.82, 2.24) is 4.90 Å². The van der Waals surface area contributed by atoms with Crippen LogP contribution in [0.15, 0.2) is 54.6 Å². The maximum atomic E-state index is 13.4. The molecule has 3 heterocycles. The normalized spacial score (nSPS) is 31.0. The van der Waals surface area contributed by atoms with Gasteiger partial charge in [0.25, 0.3) is 0 Å². The van der Waals surface area contributed by atoms with Gasteiger partial charge in [0, 0.05) is 12.0 Å². The number of nitrogens with zero attached hydrogens (tertiary/aromatic N) is 1. The molecule has 2 aromatic carbocycles. The first-order valence-electron chi connectivity index (χ1n) is 8.46. The largest absolute Gasteiger partial charge is 0.391 e. The third kappa shape index (κ3) is 2.68. The molecule has 0 amide bonds. The number of aliphatic hydroxyl groups excluding tert-OH is 1. The van der Waals surface area contributed by atoms with Crippen LogP contribution in [0.1, 0.15) is 29.9 Å². The van der Waals surface area contributed by atoms with Gasteiger partial charge in [-0.1, -0.05) is 42.5 Å². The minimum Gasteiger partial charge on any atom is -0.391 e. The topological polar surface area (TPSA) is 23.5 Å². The molecular formula is C20H22FNO. The third-order valence-corrected chi connectivity index (χ3v) is 5.56. The molecule has 2 aromatic rings. The third-order valence-electron chi connectivity index (χ3n) is 5.56.